The Morgan fingerprint density at radius 2 is 1.85 bits per heavy atom. The number of fused-ring (bicyclic) bond motifs is 1. The van der Waals surface area contributed by atoms with Gasteiger partial charge in [0.05, 0.1) is 6.54 Å². The molecule has 3 amide bonds. The first-order valence-electron chi connectivity index (χ1n) is 11.6. The molecule has 1 unspecified atom stereocenters. The molecule has 8 nitrogen and oxygen atoms in total. The van der Waals surface area contributed by atoms with Gasteiger partial charge in [-0.05, 0) is 56.1 Å². The van der Waals surface area contributed by atoms with Gasteiger partial charge in [0.2, 0.25) is 11.8 Å². The molecule has 3 aliphatic rings. The number of carbonyl (C=O) groups is 4. The molecular weight excluding hydrogens is 422 g/mol. The molecule has 0 aliphatic carbocycles. The van der Waals surface area contributed by atoms with E-state index in [9.17, 15) is 19.2 Å². The molecule has 1 atom stereocenters. The first-order valence-corrected chi connectivity index (χ1v) is 11.6. The number of amides is 3. The van der Waals surface area contributed by atoms with Crippen LogP contribution in [-0.4, -0.2) is 64.3 Å². The Balaban J connectivity index is 0.000000968. The molecule has 0 saturated carbocycles. The first-order chi connectivity index (χ1) is 15.8. The average Bonchev–Trinajstić information content (AvgIpc) is 3.09. The second-order valence-electron chi connectivity index (χ2n) is 8.69. The summed E-state index contributed by atoms with van der Waals surface area (Å²) in [7, 11) is 0. The van der Waals surface area contributed by atoms with Crippen LogP contribution in [0.5, 0.6) is 0 Å². The van der Waals surface area contributed by atoms with Crippen molar-refractivity contribution in [1.82, 2.24) is 15.1 Å². The second kappa shape index (κ2) is 11.1. The van der Waals surface area contributed by atoms with Crippen LogP contribution in [0.1, 0.15) is 67.4 Å². The van der Waals surface area contributed by atoms with Crippen molar-refractivity contribution in [2.75, 3.05) is 19.6 Å². The number of likely N-dealkylation sites (tertiary alicyclic amines) is 1. The number of imide groups is 1. The quantitative estimate of drug-likeness (QED) is 0.536. The topological polar surface area (TPSA) is 107 Å². The van der Waals surface area contributed by atoms with Crippen LogP contribution in [0.4, 0.5) is 0 Å². The van der Waals surface area contributed by atoms with Gasteiger partial charge in [-0.2, -0.15) is 0 Å². The third kappa shape index (κ3) is 6.20. The van der Waals surface area contributed by atoms with Crippen LogP contribution in [0.15, 0.2) is 18.2 Å². The van der Waals surface area contributed by atoms with Crippen molar-refractivity contribution in [3.05, 3.63) is 34.9 Å². The highest BCUT2D eigenvalue weighted by atomic mass is 16.4. The van der Waals surface area contributed by atoms with Gasteiger partial charge in [-0.3, -0.25) is 29.4 Å². The van der Waals surface area contributed by atoms with Gasteiger partial charge in [-0.25, -0.2) is 0 Å². The molecule has 0 spiro atoms. The summed E-state index contributed by atoms with van der Waals surface area (Å²) < 4.78 is 0. The van der Waals surface area contributed by atoms with Crippen LogP contribution < -0.4 is 5.32 Å². The predicted octanol–water partition coefficient (Wildman–Crippen LogP) is 2.01. The second-order valence-corrected chi connectivity index (χ2v) is 8.69. The number of nitrogens with one attached hydrogen (secondary N) is 1. The summed E-state index contributed by atoms with van der Waals surface area (Å²) in [5.41, 5.74) is 2.24. The minimum absolute atomic E-state index is 0.0721. The van der Waals surface area contributed by atoms with Crippen LogP contribution in [0, 0.1) is 17.8 Å². The van der Waals surface area contributed by atoms with E-state index < -0.39 is 17.9 Å². The standard InChI is InChI=1S/C22H23N3O5.C3H8/c26-19-6-5-18(21(29)23-19)25-12-16-11-15(3-4-17(16)22(25)30)2-1-14-7-9-24(10-8-14)13-20(27)28;1-3-2/h3-4,11,14,18H,5-10,12-13H2,(H,27,28)(H,23,26,29);3H2,1-2H3. The summed E-state index contributed by atoms with van der Waals surface area (Å²) >= 11 is 0. The van der Waals surface area contributed by atoms with E-state index in [-0.39, 0.29) is 30.7 Å². The molecule has 4 rings (SSSR count). The SMILES string of the molecule is CCC.O=C(O)CN1CCC(C#Cc2ccc3c(c2)CN(C2CCC(=O)NC2=O)C3=O)CC1. The number of rotatable bonds is 3. The van der Waals surface area contributed by atoms with E-state index in [2.05, 4.69) is 31.0 Å². The smallest absolute Gasteiger partial charge is 0.317 e. The van der Waals surface area contributed by atoms with Crippen molar-refractivity contribution in [3.63, 3.8) is 0 Å². The van der Waals surface area contributed by atoms with E-state index in [1.165, 1.54) is 11.3 Å². The van der Waals surface area contributed by atoms with Crippen molar-refractivity contribution in [3.8, 4) is 11.8 Å². The molecule has 176 valence electrons. The molecule has 2 saturated heterocycles. The van der Waals surface area contributed by atoms with Crippen molar-refractivity contribution >= 4 is 23.7 Å². The number of carboxylic acid groups (broad SMARTS) is 1. The van der Waals surface area contributed by atoms with E-state index in [1.807, 2.05) is 17.0 Å². The van der Waals surface area contributed by atoms with Crippen molar-refractivity contribution in [2.24, 2.45) is 5.92 Å². The number of hydrogen-bond donors (Lipinski definition) is 2. The highest BCUT2D eigenvalue weighted by Crippen LogP contribution is 2.28. The fraction of sp³-hybridized carbons (Fsp3) is 0.520. The molecule has 2 N–H and O–H groups in total. The normalized spacial score (nSPS) is 20.8. The Morgan fingerprint density at radius 3 is 2.48 bits per heavy atom. The third-order valence-corrected chi connectivity index (χ3v) is 5.89. The number of carboxylic acids is 1. The summed E-state index contributed by atoms with van der Waals surface area (Å²) in [5, 5.41) is 11.2. The van der Waals surface area contributed by atoms with Crippen molar-refractivity contribution in [2.45, 2.75) is 58.5 Å². The highest BCUT2D eigenvalue weighted by molar-refractivity contribution is 6.05. The van der Waals surface area contributed by atoms with Gasteiger partial charge in [0, 0.05) is 30.0 Å². The summed E-state index contributed by atoms with van der Waals surface area (Å²) in [6, 6.07) is 4.85. The molecule has 0 aromatic heterocycles. The Morgan fingerprint density at radius 1 is 1.15 bits per heavy atom. The van der Waals surface area contributed by atoms with Gasteiger partial charge >= 0.3 is 5.97 Å². The Kier molecular flexibility index (Phi) is 8.23. The van der Waals surface area contributed by atoms with Gasteiger partial charge in [-0.1, -0.05) is 32.1 Å². The summed E-state index contributed by atoms with van der Waals surface area (Å²) in [5.74, 6) is 4.98. The lowest BCUT2D eigenvalue weighted by Gasteiger charge is -2.29. The molecule has 2 fully saturated rings. The van der Waals surface area contributed by atoms with E-state index in [4.69, 9.17) is 5.11 Å². The fourth-order valence-electron chi connectivity index (χ4n) is 4.26. The number of carbonyl (C=O) groups excluding carboxylic acids is 3. The van der Waals surface area contributed by atoms with E-state index in [1.54, 1.807) is 6.07 Å². The molecule has 3 heterocycles. The highest BCUT2D eigenvalue weighted by Gasteiger charge is 2.39. The molecule has 3 aliphatic heterocycles. The van der Waals surface area contributed by atoms with Gasteiger partial charge < -0.3 is 10.0 Å². The third-order valence-electron chi connectivity index (χ3n) is 5.89. The molecule has 1 aromatic rings. The van der Waals surface area contributed by atoms with Crippen LogP contribution in [0.2, 0.25) is 0 Å². The summed E-state index contributed by atoms with van der Waals surface area (Å²) in [6.45, 7) is 6.11. The number of hydrogen-bond acceptors (Lipinski definition) is 5. The minimum Gasteiger partial charge on any atom is -0.480 e. The molecule has 8 heteroatoms. The number of aliphatic carboxylic acids is 1. The van der Waals surface area contributed by atoms with Crippen LogP contribution >= 0.6 is 0 Å². The maximum Gasteiger partial charge on any atom is 0.317 e. The first kappa shape index (κ1) is 24.5. The maximum atomic E-state index is 12.7. The number of benzene rings is 1. The van der Waals surface area contributed by atoms with Gasteiger partial charge in [-0.15, -0.1) is 0 Å². The van der Waals surface area contributed by atoms with E-state index >= 15 is 0 Å². The lowest BCUT2D eigenvalue weighted by atomic mass is 9.96. The number of nitrogens with zero attached hydrogens (tertiary/aromatic N) is 2. The average molecular weight is 454 g/mol. The Bertz CT molecular complexity index is 985. The molecule has 0 radical (unpaired) electrons. The summed E-state index contributed by atoms with van der Waals surface area (Å²) in [4.78, 5) is 50.5. The van der Waals surface area contributed by atoms with Crippen LogP contribution in [-0.2, 0) is 20.9 Å². The van der Waals surface area contributed by atoms with Crippen molar-refractivity contribution in [1.29, 1.82) is 0 Å². The molecular formula is C25H31N3O5. The predicted molar refractivity (Wildman–Crippen MR) is 122 cm³/mol. The van der Waals surface area contributed by atoms with E-state index in [0.717, 1.165) is 37.1 Å². The van der Waals surface area contributed by atoms with E-state index in [0.29, 0.717) is 18.5 Å². The largest absolute Gasteiger partial charge is 0.480 e. The minimum atomic E-state index is -0.807. The zero-order valence-electron chi connectivity index (χ0n) is 19.2. The van der Waals surface area contributed by atoms with Crippen LogP contribution in [0.3, 0.4) is 0 Å². The van der Waals surface area contributed by atoms with Gasteiger partial charge in [0.15, 0.2) is 0 Å². The lowest BCUT2D eigenvalue weighted by molar-refractivity contribution is -0.139. The zero-order chi connectivity index (χ0) is 24.0. The zero-order valence-corrected chi connectivity index (χ0v) is 19.2. The molecule has 1 aromatic carbocycles. The van der Waals surface area contributed by atoms with Crippen LogP contribution in [0.25, 0.3) is 0 Å². The molecule has 0 bridgehead atoms. The fourth-order valence-corrected chi connectivity index (χ4v) is 4.26. The summed E-state index contributed by atoms with van der Waals surface area (Å²) in [6.07, 6.45) is 3.51. The Hall–Kier alpha value is -3.18. The van der Waals surface area contributed by atoms with Gasteiger partial charge in [0.1, 0.15) is 6.04 Å². The molecule has 33 heavy (non-hydrogen) atoms. The maximum absolute atomic E-state index is 12.7. The lowest BCUT2D eigenvalue weighted by Crippen LogP contribution is -2.52. The Labute approximate surface area is 194 Å². The number of piperidine rings is 2. The van der Waals surface area contributed by atoms with Crippen molar-refractivity contribution < 1.29 is 24.3 Å². The van der Waals surface area contributed by atoms with Gasteiger partial charge in [0.25, 0.3) is 5.91 Å². The monoisotopic (exact) mass is 453 g/mol.